The van der Waals surface area contributed by atoms with Crippen molar-refractivity contribution in [3.05, 3.63) is 100 Å². The molecule has 4 atom stereocenters. The van der Waals surface area contributed by atoms with Crippen molar-refractivity contribution in [3.8, 4) is 11.6 Å². The van der Waals surface area contributed by atoms with Gasteiger partial charge in [-0.05, 0) is 99.9 Å². The second kappa shape index (κ2) is 19.5. The van der Waals surface area contributed by atoms with Gasteiger partial charge in [0, 0.05) is 67.7 Å². The van der Waals surface area contributed by atoms with Crippen molar-refractivity contribution in [2.24, 2.45) is 5.41 Å². The number of aromatic nitrogens is 2. The number of H-pyrrole nitrogens is 1. The number of pyridine rings is 1. The highest BCUT2D eigenvalue weighted by atomic mass is 32.2. The van der Waals surface area contributed by atoms with Gasteiger partial charge in [0.05, 0.1) is 85.0 Å². The van der Waals surface area contributed by atoms with Crippen LogP contribution in [0.1, 0.15) is 67.9 Å². The molecule has 376 valence electrons. The summed E-state index contributed by atoms with van der Waals surface area (Å²) in [6.07, 6.45) is 5.88. The second-order valence-corrected chi connectivity index (χ2v) is 21.5. The topological polar surface area (TPSA) is 212 Å². The molecule has 4 saturated heterocycles. The lowest BCUT2D eigenvalue weighted by atomic mass is 9.59. The predicted octanol–water partition coefficient (Wildman–Crippen LogP) is 6.71. The van der Waals surface area contributed by atoms with E-state index in [1.807, 2.05) is 30.3 Å². The van der Waals surface area contributed by atoms with Crippen molar-refractivity contribution in [1.82, 2.24) is 19.6 Å². The van der Waals surface area contributed by atoms with Gasteiger partial charge in [-0.15, -0.1) is 0 Å². The third-order valence-electron chi connectivity index (χ3n) is 15.0. The van der Waals surface area contributed by atoms with Gasteiger partial charge in [0.25, 0.3) is 21.6 Å². The summed E-state index contributed by atoms with van der Waals surface area (Å²) in [6.45, 7) is 10.1. The largest absolute Gasteiger partial charge is 0.491 e. The first-order valence-corrected chi connectivity index (χ1v) is 26.2. The minimum atomic E-state index is -4.63. The molecule has 2 aromatic heterocycles. The standard InChI is InChI=1S/C51H60N8O11S/c1-32(2)69-46-6-4-3-5-38(46)45-30-66-20-18-57(45)35-26-51(27-35)13-16-56(17-14-51)34-7-9-39(42(24-34)58-41-12-19-65-31-47(41)70-50-44(58)23-33-11-15-52-48(33)54-50)49(60)55-71(63,64)37-8-10-40(43(25-37)59(61)62)53-28-36-29-67-21-22-68-36/h3-11,15,23-25,32,35-36,41,45,47,53H,12-14,16-22,26-31H2,1-2H3,(H,52,54)(H,55,60)/t36-,41-,45-,47-/m0/s1. The fourth-order valence-electron chi connectivity index (χ4n) is 11.4. The number of para-hydroxylation sites is 1. The van der Waals surface area contributed by atoms with Crippen LogP contribution in [0.25, 0.3) is 11.0 Å². The molecule has 71 heavy (non-hydrogen) atoms. The summed E-state index contributed by atoms with van der Waals surface area (Å²) < 4.78 is 66.3. The molecule has 0 unspecified atom stereocenters. The summed E-state index contributed by atoms with van der Waals surface area (Å²) in [5.74, 6) is 0.382. The number of aromatic amines is 1. The Kier molecular flexibility index (Phi) is 13.0. The van der Waals surface area contributed by atoms with E-state index in [1.165, 1.54) is 17.7 Å². The van der Waals surface area contributed by atoms with Gasteiger partial charge < -0.3 is 48.5 Å². The van der Waals surface area contributed by atoms with Crippen LogP contribution >= 0.6 is 0 Å². The highest BCUT2D eigenvalue weighted by molar-refractivity contribution is 7.90. The summed E-state index contributed by atoms with van der Waals surface area (Å²) in [4.78, 5) is 40.9. The van der Waals surface area contributed by atoms with Gasteiger partial charge >= 0.3 is 0 Å². The van der Waals surface area contributed by atoms with E-state index in [4.69, 9.17) is 33.4 Å². The van der Waals surface area contributed by atoms with Gasteiger partial charge in [0.1, 0.15) is 28.9 Å². The molecule has 1 aliphatic carbocycles. The molecule has 0 bridgehead atoms. The van der Waals surface area contributed by atoms with Crippen LogP contribution in [0.4, 0.5) is 28.4 Å². The average molecular weight is 993 g/mol. The number of piperidine rings is 1. The van der Waals surface area contributed by atoms with E-state index in [0.717, 1.165) is 68.2 Å². The van der Waals surface area contributed by atoms with Crippen LogP contribution in [-0.4, -0.2) is 137 Å². The summed E-state index contributed by atoms with van der Waals surface area (Å²) in [6, 6.07) is 21.5. The number of nitrogens with zero attached hydrogens (tertiary/aromatic N) is 5. The summed E-state index contributed by atoms with van der Waals surface area (Å²) in [7, 11) is -4.63. The summed E-state index contributed by atoms with van der Waals surface area (Å²) in [5, 5.41) is 16.1. The number of anilines is 4. The molecule has 1 amide bonds. The molecule has 6 aliphatic rings. The fourth-order valence-corrected chi connectivity index (χ4v) is 12.4. The molecule has 7 heterocycles. The van der Waals surface area contributed by atoms with Crippen LogP contribution in [0.5, 0.6) is 11.6 Å². The number of carbonyl (C=O) groups excluding carboxylic acids is 1. The molecule has 20 heteroatoms. The van der Waals surface area contributed by atoms with Crippen molar-refractivity contribution < 1.29 is 46.6 Å². The van der Waals surface area contributed by atoms with E-state index in [-0.39, 0.29) is 47.5 Å². The lowest BCUT2D eigenvalue weighted by Gasteiger charge is -2.57. The second-order valence-electron chi connectivity index (χ2n) is 19.8. The number of ether oxygens (including phenoxy) is 6. The molecule has 11 rings (SSSR count). The Morgan fingerprint density at radius 1 is 0.944 bits per heavy atom. The van der Waals surface area contributed by atoms with Crippen molar-refractivity contribution in [2.45, 2.75) is 87.3 Å². The number of nitro benzene ring substituents is 1. The van der Waals surface area contributed by atoms with Crippen LogP contribution in [0.2, 0.25) is 0 Å². The number of benzene rings is 3. The first-order chi connectivity index (χ1) is 34.4. The zero-order valence-corrected chi connectivity index (χ0v) is 40.7. The van der Waals surface area contributed by atoms with E-state index in [9.17, 15) is 23.3 Å². The molecule has 5 fully saturated rings. The molecule has 3 N–H and O–H groups in total. The lowest BCUT2D eigenvalue weighted by Crippen LogP contribution is -2.57. The van der Waals surface area contributed by atoms with E-state index in [1.54, 1.807) is 12.3 Å². The van der Waals surface area contributed by atoms with Crippen LogP contribution < -0.4 is 29.3 Å². The molecule has 3 aromatic carbocycles. The number of hydrogen-bond acceptors (Lipinski definition) is 16. The van der Waals surface area contributed by atoms with Gasteiger partial charge in [-0.2, -0.15) is 4.98 Å². The first-order valence-electron chi connectivity index (χ1n) is 24.7. The van der Waals surface area contributed by atoms with Gasteiger partial charge in [0.15, 0.2) is 0 Å². The maximum absolute atomic E-state index is 14.7. The Bertz CT molecular complexity index is 2890. The van der Waals surface area contributed by atoms with E-state index in [0.29, 0.717) is 81.6 Å². The van der Waals surface area contributed by atoms with Crippen LogP contribution in [-0.2, 0) is 29.0 Å². The van der Waals surface area contributed by atoms with Crippen molar-refractivity contribution in [2.75, 3.05) is 87.5 Å². The minimum Gasteiger partial charge on any atom is -0.491 e. The average Bonchev–Trinajstić information content (AvgIpc) is 3.83. The number of nitro groups is 1. The van der Waals surface area contributed by atoms with Crippen LogP contribution in [0.15, 0.2) is 83.9 Å². The molecular weight excluding hydrogens is 933 g/mol. The third kappa shape index (κ3) is 9.48. The fraction of sp³-hybridized carbons (Fsp3) is 0.490. The zero-order valence-electron chi connectivity index (χ0n) is 39.9. The predicted molar refractivity (Wildman–Crippen MR) is 264 cm³/mol. The molecule has 5 aromatic rings. The molecule has 1 spiro atoms. The Morgan fingerprint density at radius 2 is 1.76 bits per heavy atom. The van der Waals surface area contributed by atoms with Crippen molar-refractivity contribution in [3.63, 3.8) is 0 Å². The normalized spacial score (nSPS) is 23.6. The number of sulfonamides is 1. The van der Waals surface area contributed by atoms with Crippen molar-refractivity contribution in [1.29, 1.82) is 0 Å². The number of rotatable bonds is 13. The van der Waals surface area contributed by atoms with E-state index in [2.05, 4.69) is 61.8 Å². The quantitative estimate of drug-likeness (QED) is 0.0826. The van der Waals surface area contributed by atoms with Gasteiger partial charge in [-0.25, -0.2) is 13.1 Å². The molecule has 0 radical (unpaired) electrons. The lowest BCUT2D eigenvalue weighted by molar-refractivity contribution is -0.384. The molecule has 5 aliphatic heterocycles. The number of carbonyl (C=O) groups is 1. The Balaban J connectivity index is 0.868. The van der Waals surface area contributed by atoms with Gasteiger partial charge in [0.2, 0.25) is 5.88 Å². The Labute approximate surface area is 412 Å². The minimum absolute atomic E-state index is 0.0667. The third-order valence-corrected chi connectivity index (χ3v) is 16.3. The first kappa shape index (κ1) is 47.3. The number of amides is 1. The molecule has 1 saturated carbocycles. The summed E-state index contributed by atoms with van der Waals surface area (Å²) >= 11 is 0. The molecular formula is C51H60N8O11S. The van der Waals surface area contributed by atoms with Crippen molar-refractivity contribution >= 4 is 55.4 Å². The van der Waals surface area contributed by atoms with Gasteiger partial charge in [-0.1, -0.05) is 18.2 Å². The number of hydrogen-bond donors (Lipinski definition) is 3. The monoisotopic (exact) mass is 992 g/mol. The van der Waals surface area contributed by atoms with E-state index >= 15 is 0 Å². The highest BCUT2D eigenvalue weighted by Gasteiger charge is 2.50. The summed E-state index contributed by atoms with van der Waals surface area (Å²) in [5.41, 5.74) is 3.78. The molecule has 19 nitrogen and oxygen atoms in total. The number of fused-ring (bicyclic) bond motifs is 3. The maximum Gasteiger partial charge on any atom is 0.293 e. The van der Waals surface area contributed by atoms with Gasteiger partial charge in [-0.3, -0.25) is 19.8 Å². The SMILES string of the molecule is CC(C)Oc1ccccc1[C@@H]1COCCN1C1CC2(CCN(c3ccc(C(=O)NS(=O)(=O)c4ccc(NC[C@H]5COCCO5)c([N+](=O)[O-])c4)c(N4c5cc6cc[nH]c6nc5O[C@H]5COCC[C@@H]54)c3)CC2)C1. The number of morpholine rings is 1. The van der Waals surface area contributed by atoms with Crippen LogP contribution in [0.3, 0.4) is 0 Å². The Hall–Kier alpha value is -6.03. The maximum atomic E-state index is 14.7. The van der Waals surface area contributed by atoms with E-state index < -0.39 is 37.5 Å². The van der Waals surface area contributed by atoms with Crippen LogP contribution in [0, 0.1) is 15.5 Å². The number of nitrogens with one attached hydrogen (secondary N) is 3. The highest BCUT2D eigenvalue weighted by Crippen LogP contribution is 2.54. The zero-order chi connectivity index (χ0) is 48.9. The Morgan fingerprint density at radius 3 is 2.56 bits per heavy atom. The smallest absolute Gasteiger partial charge is 0.293 e.